The predicted octanol–water partition coefficient (Wildman–Crippen LogP) is 4.90. The van der Waals surface area contributed by atoms with Gasteiger partial charge in [-0.3, -0.25) is 4.79 Å². The fourth-order valence-electron chi connectivity index (χ4n) is 2.50. The maximum absolute atomic E-state index is 12.5. The first-order valence-corrected chi connectivity index (χ1v) is 10.2. The van der Waals surface area contributed by atoms with Gasteiger partial charge in [-0.05, 0) is 31.0 Å². The van der Waals surface area contributed by atoms with Gasteiger partial charge >= 0.3 is 0 Å². The predicted molar refractivity (Wildman–Crippen MR) is 111 cm³/mol. The quantitative estimate of drug-likeness (QED) is 0.359. The van der Waals surface area contributed by atoms with E-state index >= 15 is 0 Å². The number of carbonyl (C=O) groups is 1. The molecular formula is C20H21N3OS2. The molecule has 0 radical (unpaired) electrons. The van der Waals surface area contributed by atoms with Crippen LogP contribution in [0.4, 0.5) is 0 Å². The first-order chi connectivity index (χ1) is 12.7. The Morgan fingerprint density at radius 2 is 1.92 bits per heavy atom. The molecule has 3 rings (SSSR count). The maximum atomic E-state index is 12.5. The summed E-state index contributed by atoms with van der Waals surface area (Å²) in [5.41, 5.74) is 5.75. The number of thiazole rings is 1. The summed E-state index contributed by atoms with van der Waals surface area (Å²) in [6.45, 7) is 3.93. The molecule has 134 valence electrons. The van der Waals surface area contributed by atoms with Crippen LogP contribution in [0.3, 0.4) is 0 Å². The smallest absolute Gasteiger partial charge is 0.253 e. The molecule has 0 spiro atoms. The number of hydrazone groups is 1. The van der Waals surface area contributed by atoms with Gasteiger partial charge in [-0.25, -0.2) is 10.4 Å². The molecule has 0 aliphatic rings. The topological polar surface area (TPSA) is 54.4 Å². The molecule has 0 saturated carbocycles. The lowest BCUT2D eigenvalue weighted by Gasteiger charge is -2.11. The first kappa shape index (κ1) is 18.6. The molecule has 0 saturated heterocycles. The number of aromatic nitrogens is 1. The Hall–Kier alpha value is -2.18. The number of fused-ring (bicyclic) bond motifs is 1. The van der Waals surface area contributed by atoms with E-state index in [2.05, 4.69) is 33.7 Å². The third kappa shape index (κ3) is 4.93. The van der Waals surface area contributed by atoms with Gasteiger partial charge in [0.25, 0.3) is 5.91 Å². The number of para-hydroxylation sites is 1. The van der Waals surface area contributed by atoms with E-state index in [0.29, 0.717) is 0 Å². The molecule has 1 heterocycles. The van der Waals surface area contributed by atoms with E-state index in [0.717, 1.165) is 33.1 Å². The minimum absolute atomic E-state index is 0.0795. The number of nitrogens with zero attached hydrogens (tertiary/aromatic N) is 2. The molecule has 1 atom stereocenters. The number of benzene rings is 2. The molecule has 0 unspecified atom stereocenters. The average Bonchev–Trinajstić information content (AvgIpc) is 3.07. The third-order valence-corrected chi connectivity index (χ3v) is 6.33. The van der Waals surface area contributed by atoms with Crippen molar-refractivity contribution >= 4 is 44.9 Å². The van der Waals surface area contributed by atoms with Crippen molar-refractivity contribution in [3.05, 3.63) is 60.2 Å². The minimum Gasteiger partial charge on any atom is -0.272 e. The molecular weight excluding hydrogens is 362 g/mol. The molecule has 0 bridgehead atoms. The molecule has 1 aromatic heterocycles. The van der Waals surface area contributed by atoms with E-state index in [1.807, 2.05) is 50.2 Å². The average molecular weight is 384 g/mol. The van der Waals surface area contributed by atoms with Gasteiger partial charge in [-0.15, -0.1) is 11.3 Å². The van der Waals surface area contributed by atoms with E-state index in [1.165, 1.54) is 17.3 Å². The molecule has 4 nitrogen and oxygen atoms in total. The molecule has 2 aromatic carbocycles. The van der Waals surface area contributed by atoms with Crippen molar-refractivity contribution in [1.29, 1.82) is 0 Å². The van der Waals surface area contributed by atoms with E-state index in [9.17, 15) is 4.79 Å². The Balaban J connectivity index is 1.60. The van der Waals surface area contributed by atoms with Crippen LogP contribution in [-0.2, 0) is 11.2 Å². The molecule has 1 amide bonds. The summed E-state index contributed by atoms with van der Waals surface area (Å²) < 4.78 is 2.06. The van der Waals surface area contributed by atoms with E-state index in [-0.39, 0.29) is 11.2 Å². The maximum Gasteiger partial charge on any atom is 0.253 e. The van der Waals surface area contributed by atoms with Crippen molar-refractivity contribution in [2.75, 3.05) is 0 Å². The Bertz CT molecular complexity index is 873. The van der Waals surface area contributed by atoms with Gasteiger partial charge in [0, 0.05) is 12.1 Å². The molecule has 3 aromatic rings. The molecule has 0 aliphatic heterocycles. The number of hydrogen-bond acceptors (Lipinski definition) is 5. The van der Waals surface area contributed by atoms with Crippen molar-refractivity contribution in [2.24, 2.45) is 5.10 Å². The van der Waals surface area contributed by atoms with Crippen molar-refractivity contribution in [1.82, 2.24) is 10.4 Å². The van der Waals surface area contributed by atoms with Crippen LogP contribution in [0.5, 0.6) is 0 Å². The van der Waals surface area contributed by atoms with Crippen LogP contribution in [-0.4, -0.2) is 21.9 Å². The van der Waals surface area contributed by atoms with Crippen LogP contribution >= 0.6 is 23.1 Å². The van der Waals surface area contributed by atoms with Crippen molar-refractivity contribution in [3.8, 4) is 0 Å². The Morgan fingerprint density at radius 3 is 2.65 bits per heavy atom. The summed E-state index contributed by atoms with van der Waals surface area (Å²) in [5.74, 6) is -0.0795. The lowest BCUT2D eigenvalue weighted by molar-refractivity contribution is -0.120. The van der Waals surface area contributed by atoms with Gasteiger partial charge in [0.05, 0.1) is 15.5 Å². The summed E-state index contributed by atoms with van der Waals surface area (Å²) in [6, 6.07) is 18.1. The summed E-state index contributed by atoms with van der Waals surface area (Å²) >= 11 is 3.12. The Kier molecular flexibility index (Phi) is 6.41. The van der Waals surface area contributed by atoms with Gasteiger partial charge in [-0.1, -0.05) is 61.2 Å². The van der Waals surface area contributed by atoms with Gasteiger partial charge in [-0.2, -0.15) is 5.10 Å². The normalized spacial score (nSPS) is 12.9. The van der Waals surface area contributed by atoms with Gasteiger partial charge in [0.2, 0.25) is 0 Å². The fourth-order valence-corrected chi connectivity index (χ4v) is 4.73. The SMILES string of the molecule is CC[C@@H](Sc1nc2ccccc2s1)C(=O)N/N=C(/C)Cc1ccccc1. The summed E-state index contributed by atoms with van der Waals surface area (Å²) in [7, 11) is 0. The number of hydrogen-bond donors (Lipinski definition) is 1. The zero-order valence-corrected chi connectivity index (χ0v) is 16.4. The van der Waals surface area contributed by atoms with Crippen LogP contribution in [0.1, 0.15) is 25.8 Å². The molecule has 0 aliphatic carbocycles. The lowest BCUT2D eigenvalue weighted by atomic mass is 10.1. The number of rotatable bonds is 7. The van der Waals surface area contributed by atoms with Crippen LogP contribution in [0.25, 0.3) is 10.2 Å². The highest BCUT2D eigenvalue weighted by atomic mass is 32.2. The highest BCUT2D eigenvalue weighted by Crippen LogP contribution is 2.33. The third-order valence-electron chi connectivity index (χ3n) is 3.84. The number of nitrogens with one attached hydrogen (secondary N) is 1. The van der Waals surface area contributed by atoms with Crippen molar-refractivity contribution in [2.45, 2.75) is 36.3 Å². The van der Waals surface area contributed by atoms with Crippen LogP contribution < -0.4 is 5.43 Å². The van der Waals surface area contributed by atoms with Crippen molar-refractivity contribution < 1.29 is 4.79 Å². The number of thioether (sulfide) groups is 1. The first-order valence-electron chi connectivity index (χ1n) is 8.55. The second-order valence-corrected chi connectivity index (χ2v) is 8.43. The van der Waals surface area contributed by atoms with Crippen molar-refractivity contribution in [3.63, 3.8) is 0 Å². The zero-order valence-electron chi connectivity index (χ0n) is 14.8. The Morgan fingerprint density at radius 1 is 1.19 bits per heavy atom. The summed E-state index contributed by atoms with van der Waals surface area (Å²) in [4.78, 5) is 17.1. The van der Waals surface area contributed by atoms with Crippen LogP contribution in [0.2, 0.25) is 0 Å². The number of carbonyl (C=O) groups excluding carboxylic acids is 1. The highest BCUT2D eigenvalue weighted by molar-refractivity contribution is 8.02. The van der Waals surface area contributed by atoms with Crippen LogP contribution in [0.15, 0.2) is 64.0 Å². The number of amides is 1. The second-order valence-electron chi connectivity index (χ2n) is 5.95. The molecule has 6 heteroatoms. The monoisotopic (exact) mass is 383 g/mol. The van der Waals surface area contributed by atoms with E-state index in [4.69, 9.17) is 0 Å². The standard InChI is InChI=1S/C20H21N3OS2/c1-3-17(25-20-21-16-11-7-8-12-18(16)26-20)19(24)23-22-14(2)13-15-9-5-4-6-10-15/h4-12,17H,3,13H2,1-2H3,(H,23,24)/b22-14-/t17-/m1/s1. The van der Waals surface area contributed by atoms with E-state index < -0.39 is 0 Å². The lowest BCUT2D eigenvalue weighted by Crippen LogP contribution is -2.29. The summed E-state index contributed by atoms with van der Waals surface area (Å²) in [6.07, 6.45) is 1.45. The Labute approximate surface area is 161 Å². The summed E-state index contributed by atoms with van der Waals surface area (Å²) in [5, 5.41) is 4.05. The largest absolute Gasteiger partial charge is 0.272 e. The molecule has 1 N–H and O–H groups in total. The molecule has 26 heavy (non-hydrogen) atoms. The van der Waals surface area contributed by atoms with Gasteiger partial charge in [0.1, 0.15) is 0 Å². The van der Waals surface area contributed by atoms with Gasteiger partial charge in [0.15, 0.2) is 4.34 Å². The van der Waals surface area contributed by atoms with E-state index in [1.54, 1.807) is 11.3 Å². The fraction of sp³-hybridized carbons (Fsp3) is 0.250. The minimum atomic E-state index is -0.205. The van der Waals surface area contributed by atoms with Gasteiger partial charge < -0.3 is 0 Å². The van der Waals surface area contributed by atoms with Crippen LogP contribution in [0, 0.1) is 0 Å². The second kappa shape index (κ2) is 8.96. The zero-order chi connectivity index (χ0) is 18.4. The highest BCUT2D eigenvalue weighted by Gasteiger charge is 2.19. The molecule has 0 fully saturated rings.